The number of nitrogens with one attached hydrogen (secondary N) is 1. The van der Waals surface area contributed by atoms with Crippen molar-refractivity contribution in [2.75, 3.05) is 19.0 Å². The van der Waals surface area contributed by atoms with Crippen LogP contribution >= 0.6 is 0 Å². The Morgan fingerprint density at radius 1 is 1.04 bits per heavy atom. The highest BCUT2D eigenvalue weighted by Crippen LogP contribution is 2.14. The van der Waals surface area contributed by atoms with Crippen molar-refractivity contribution in [2.24, 2.45) is 0 Å². The third-order valence-corrected chi connectivity index (χ3v) is 3.31. The molecule has 0 unspecified atom stereocenters. The first-order valence-corrected chi connectivity index (χ1v) is 7.61. The van der Waals surface area contributed by atoms with Crippen LogP contribution < -0.4 is 5.32 Å². The number of aryl methyl sites for hydroxylation is 2. The molecule has 2 rings (SSSR count). The Morgan fingerprint density at radius 2 is 1.75 bits per heavy atom. The lowest BCUT2D eigenvalue weighted by Crippen LogP contribution is -2.21. The molecule has 1 amide bonds. The fraction of sp³-hybridized carbons (Fsp3) is 0.263. The summed E-state index contributed by atoms with van der Waals surface area (Å²) < 4.78 is 10.1. The largest absolute Gasteiger partial charge is 0.452 e. The topological polar surface area (TPSA) is 64.6 Å². The molecule has 5 nitrogen and oxygen atoms in total. The van der Waals surface area contributed by atoms with Crippen molar-refractivity contribution in [1.82, 2.24) is 0 Å². The zero-order chi connectivity index (χ0) is 17.5. The molecule has 0 aromatic heterocycles. The van der Waals surface area contributed by atoms with Crippen molar-refractivity contribution in [3.8, 4) is 0 Å². The van der Waals surface area contributed by atoms with Crippen molar-refractivity contribution < 1.29 is 19.1 Å². The van der Waals surface area contributed by atoms with Gasteiger partial charge in [-0.25, -0.2) is 4.79 Å². The van der Waals surface area contributed by atoms with Gasteiger partial charge in [-0.15, -0.1) is 0 Å². The molecule has 0 aliphatic carbocycles. The van der Waals surface area contributed by atoms with Crippen molar-refractivity contribution in [3.05, 3.63) is 64.7 Å². The summed E-state index contributed by atoms with van der Waals surface area (Å²) in [6.07, 6.45) is 0. The van der Waals surface area contributed by atoms with Crippen LogP contribution in [0.4, 0.5) is 5.69 Å². The highest BCUT2D eigenvalue weighted by atomic mass is 16.5. The summed E-state index contributed by atoms with van der Waals surface area (Å²) in [6.45, 7) is 3.99. The molecule has 0 radical (unpaired) electrons. The van der Waals surface area contributed by atoms with Crippen molar-refractivity contribution in [1.29, 1.82) is 0 Å². The minimum Gasteiger partial charge on any atom is -0.452 e. The third kappa shape index (κ3) is 5.21. The van der Waals surface area contributed by atoms with E-state index in [-0.39, 0.29) is 12.5 Å². The van der Waals surface area contributed by atoms with Crippen LogP contribution in [0.3, 0.4) is 0 Å². The summed E-state index contributed by atoms with van der Waals surface area (Å²) in [5.41, 5.74) is 4.06. The number of esters is 1. The monoisotopic (exact) mass is 327 g/mol. The molecule has 0 saturated heterocycles. The molecule has 0 fully saturated rings. The molecule has 126 valence electrons. The van der Waals surface area contributed by atoms with Gasteiger partial charge in [-0.3, -0.25) is 4.79 Å². The Morgan fingerprint density at radius 3 is 2.42 bits per heavy atom. The molecule has 0 aliphatic heterocycles. The second-order valence-corrected chi connectivity index (χ2v) is 5.63. The Kier molecular flexibility index (Phi) is 6.09. The van der Waals surface area contributed by atoms with E-state index in [1.807, 2.05) is 38.1 Å². The van der Waals surface area contributed by atoms with Crippen LogP contribution in [0.25, 0.3) is 0 Å². The Labute approximate surface area is 141 Å². The minimum atomic E-state index is -0.538. The lowest BCUT2D eigenvalue weighted by molar-refractivity contribution is -0.119. The minimum absolute atomic E-state index is 0.333. The Balaban J connectivity index is 1.91. The normalized spacial score (nSPS) is 10.3. The van der Waals surface area contributed by atoms with Gasteiger partial charge in [0.1, 0.15) is 0 Å². The average molecular weight is 327 g/mol. The Bertz CT molecular complexity index is 720. The fourth-order valence-corrected chi connectivity index (χ4v) is 2.41. The van der Waals surface area contributed by atoms with Crippen LogP contribution in [-0.2, 0) is 20.9 Å². The zero-order valence-corrected chi connectivity index (χ0v) is 14.1. The van der Waals surface area contributed by atoms with E-state index in [4.69, 9.17) is 9.47 Å². The molecule has 0 aliphatic rings. The summed E-state index contributed by atoms with van der Waals surface area (Å²) in [6, 6.07) is 12.7. The van der Waals surface area contributed by atoms with Gasteiger partial charge in [0.2, 0.25) is 0 Å². The molecule has 0 atom stereocenters. The number of benzene rings is 2. The molecular formula is C19H21NO4. The molecule has 0 spiro atoms. The molecule has 24 heavy (non-hydrogen) atoms. The second-order valence-electron chi connectivity index (χ2n) is 5.63. The quantitative estimate of drug-likeness (QED) is 0.827. The lowest BCUT2D eigenvalue weighted by atomic mass is 10.1. The molecule has 0 heterocycles. The van der Waals surface area contributed by atoms with E-state index < -0.39 is 5.97 Å². The number of carbonyl (C=O) groups is 2. The van der Waals surface area contributed by atoms with Crippen LogP contribution in [-0.4, -0.2) is 25.6 Å². The fourth-order valence-electron chi connectivity index (χ4n) is 2.41. The van der Waals surface area contributed by atoms with E-state index in [0.717, 1.165) is 16.7 Å². The van der Waals surface area contributed by atoms with Crippen molar-refractivity contribution in [3.63, 3.8) is 0 Å². The first kappa shape index (κ1) is 17.7. The first-order valence-electron chi connectivity index (χ1n) is 7.61. The summed E-state index contributed by atoms with van der Waals surface area (Å²) in [5.74, 6) is -0.912. The van der Waals surface area contributed by atoms with Gasteiger partial charge >= 0.3 is 5.97 Å². The van der Waals surface area contributed by atoms with Gasteiger partial charge in [0.15, 0.2) is 6.61 Å². The summed E-state index contributed by atoms with van der Waals surface area (Å²) >= 11 is 0. The summed E-state index contributed by atoms with van der Waals surface area (Å²) in [5, 5.41) is 2.73. The highest BCUT2D eigenvalue weighted by Gasteiger charge is 2.11. The number of rotatable bonds is 6. The average Bonchev–Trinajstić information content (AvgIpc) is 2.52. The van der Waals surface area contributed by atoms with Crippen LogP contribution in [0, 0.1) is 13.8 Å². The van der Waals surface area contributed by atoms with Crippen LogP contribution in [0.5, 0.6) is 0 Å². The molecular weight excluding hydrogens is 306 g/mol. The van der Waals surface area contributed by atoms with E-state index in [1.165, 1.54) is 0 Å². The number of methoxy groups -OCH3 is 1. The predicted molar refractivity (Wildman–Crippen MR) is 92.0 cm³/mol. The molecule has 2 aromatic carbocycles. The SMILES string of the molecule is COCc1cccc(C(=O)OCC(=O)Nc2cc(C)cc(C)c2)c1. The number of anilines is 1. The van der Waals surface area contributed by atoms with Crippen LogP contribution in [0.1, 0.15) is 27.0 Å². The maximum Gasteiger partial charge on any atom is 0.338 e. The van der Waals surface area contributed by atoms with Gasteiger partial charge < -0.3 is 14.8 Å². The molecule has 0 saturated carbocycles. The molecule has 1 N–H and O–H groups in total. The molecule has 2 aromatic rings. The van der Waals surface area contributed by atoms with Crippen LogP contribution in [0.2, 0.25) is 0 Å². The number of carbonyl (C=O) groups excluding carboxylic acids is 2. The van der Waals surface area contributed by atoms with E-state index in [0.29, 0.717) is 17.9 Å². The van der Waals surface area contributed by atoms with Gasteiger partial charge in [0.25, 0.3) is 5.91 Å². The maximum atomic E-state index is 12.0. The van der Waals surface area contributed by atoms with E-state index in [2.05, 4.69) is 5.32 Å². The maximum absolute atomic E-state index is 12.0. The predicted octanol–water partition coefficient (Wildman–Crippen LogP) is 3.25. The van der Waals surface area contributed by atoms with E-state index in [9.17, 15) is 9.59 Å². The number of hydrogen-bond acceptors (Lipinski definition) is 4. The third-order valence-electron chi connectivity index (χ3n) is 3.31. The number of hydrogen-bond donors (Lipinski definition) is 1. The molecule has 5 heteroatoms. The second kappa shape index (κ2) is 8.26. The standard InChI is InChI=1S/C19H21NO4/c1-13-7-14(2)9-17(8-13)20-18(21)12-24-19(22)16-6-4-5-15(10-16)11-23-3/h4-10H,11-12H2,1-3H3,(H,20,21). The van der Waals surface area contributed by atoms with E-state index in [1.54, 1.807) is 25.3 Å². The van der Waals surface area contributed by atoms with Crippen LogP contribution in [0.15, 0.2) is 42.5 Å². The van der Waals surface area contributed by atoms with Gasteiger partial charge in [-0.1, -0.05) is 18.2 Å². The number of ether oxygens (including phenoxy) is 2. The summed E-state index contributed by atoms with van der Waals surface area (Å²) in [4.78, 5) is 24.0. The van der Waals surface area contributed by atoms with Gasteiger partial charge in [-0.2, -0.15) is 0 Å². The van der Waals surface area contributed by atoms with Crippen molar-refractivity contribution in [2.45, 2.75) is 20.5 Å². The van der Waals surface area contributed by atoms with Gasteiger partial charge in [0.05, 0.1) is 12.2 Å². The van der Waals surface area contributed by atoms with E-state index >= 15 is 0 Å². The highest BCUT2D eigenvalue weighted by molar-refractivity contribution is 5.95. The van der Waals surface area contributed by atoms with Gasteiger partial charge in [0, 0.05) is 12.8 Å². The smallest absolute Gasteiger partial charge is 0.338 e. The van der Waals surface area contributed by atoms with Crippen molar-refractivity contribution >= 4 is 17.6 Å². The summed E-state index contributed by atoms with van der Waals surface area (Å²) in [7, 11) is 1.59. The lowest BCUT2D eigenvalue weighted by Gasteiger charge is -2.09. The zero-order valence-electron chi connectivity index (χ0n) is 14.1. The van der Waals surface area contributed by atoms with Gasteiger partial charge in [-0.05, 0) is 54.8 Å². The molecule has 0 bridgehead atoms. The Hall–Kier alpha value is -2.66. The number of amides is 1. The first-order chi connectivity index (χ1) is 11.5.